The molecule has 0 atom stereocenters. The predicted octanol–water partition coefficient (Wildman–Crippen LogP) is 3.48. The van der Waals surface area contributed by atoms with Gasteiger partial charge in [-0.15, -0.1) is 0 Å². The summed E-state index contributed by atoms with van der Waals surface area (Å²) >= 11 is 0. The molecule has 0 amide bonds. The molecule has 3 rings (SSSR count). The predicted molar refractivity (Wildman–Crippen MR) is 81.0 cm³/mol. The van der Waals surface area contributed by atoms with E-state index in [2.05, 4.69) is 0 Å². The summed E-state index contributed by atoms with van der Waals surface area (Å²) in [5, 5.41) is 0.862. The van der Waals surface area contributed by atoms with Crippen LogP contribution in [0.1, 0.15) is 0 Å². The van der Waals surface area contributed by atoms with Crippen LogP contribution in [0.15, 0.2) is 57.7 Å². The average molecular weight is 282 g/mol. The van der Waals surface area contributed by atoms with E-state index in [4.69, 9.17) is 13.9 Å². The highest BCUT2D eigenvalue weighted by molar-refractivity contribution is 5.94. The quantitative estimate of drug-likeness (QED) is 0.690. The average Bonchev–Trinajstić information content (AvgIpc) is 2.53. The van der Waals surface area contributed by atoms with Gasteiger partial charge < -0.3 is 13.9 Å². The van der Waals surface area contributed by atoms with E-state index in [1.807, 2.05) is 30.3 Å². The van der Waals surface area contributed by atoms with Gasteiger partial charge in [0.25, 0.3) is 0 Å². The van der Waals surface area contributed by atoms with Gasteiger partial charge in [0.1, 0.15) is 17.1 Å². The summed E-state index contributed by atoms with van der Waals surface area (Å²) < 4.78 is 15.8. The van der Waals surface area contributed by atoms with E-state index >= 15 is 0 Å². The molecule has 0 aliphatic rings. The summed E-state index contributed by atoms with van der Waals surface area (Å²) in [7, 11) is 3.19. The standard InChI is InChI=1S/C17H14O4/c1-19-11-7-8-13(16(9-11)20-2)14-10-17(18)21-15-6-4-3-5-12(14)15/h3-10H,1-2H3. The minimum absolute atomic E-state index is 0.387. The van der Waals surface area contributed by atoms with Gasteiger partial charge >= 0.3 is 5.63 Å². The zero-order chi connectivity index (χ0) is 14.8. The van der Waals surface area contributed by atoms with Crippen LogP contribution < -0.4 is 15.1 Å². The van der Waals surface area contributed by atoms with Gasteiger partial charge in [0, 0.05) is 28.6 Å². The number of methoxy groups -OCH3 is 2. The number of benzene rings is 2. The van der Waals surface area contributed by atoms with Gasteiger partial charge in [-0.1, -0.05) is 18.2 Å². The number of rotatable bonds is 3. The van der Waals surface area contributed by atoms with Gasteiger partial charge in [0.2, 0.25) is 0 Å². The highest BCUT2D eigenvalue weighted by Gasteiger charge is 2.12. The van der Waals surface area contributed by atoms with E-state index in [-0.39, 0.29) is 5.63 Å². The molecule has 3 aromatic rings. The Morgan fingerprint density at radius 1 is 0.905 bits per heavy atom. The third-order valence-electron chi connectivity index (χ3n) is 3.35. The number of fused-ring (bicyclic) bond motifs is 1. The maximum absolute atomic E-state index is 11.8. The molecule has 1 heterocycles. The molecule has 2 aromatic carbocycles. The molecular formula is C17H14O4. The van der Waals surface area contributed by atoms with Crippen LogP contribution in [-0.2, 0) is 0 Å². The molecule has 0 bridgehead atoms. The summed E-state index contributed by atoms with van der Waals surface area (Å²) in [5.41, 5.74) is 1.77. The van der Waals surface area contributed by atoms with E-state index in [1.165, 1.54) is 6.07 Å². The summed E-state index contributed by atoms with van der Waals surface area (Å²) in [4.78, 5) is 11.8. The molecule has 0 spiro atoms. The molecule has 0 aliphatic carbocycles. The van der Waals surface area contributed by atoms with Crippen LogP contribution in [0.25, 0.3) is 22.1 Å². The molecule has 0 saturated carbocycles. The maximum Gasteiger partial charge on any atom is 0.336 e. The van der Waals surface area contributed by atoms with Crippen LogP contribution in [0.3, 0.4) is 0 Å². The minimum atomic E-state index is -0.387. The number of hydrogen-bond donors (Lipinski definition) is 0. The maximum atomic E-state index is 11.8. The smallest absolute Gasteiger partial charge is 0.336 e. The Kier molecular flexibility index (Phi) is 3.36. The lowest BCUT2D eigenvalue weighted by Crippen LogP contribution is -1.99. The molecule has 0 radical (unpaired) electrons. The first kappa shape index (κ1) is 13.2. The van der Waals surface area contributed by atoms with Crippen molar-refractivity contribution in [2.24, 2.45) is 0 Å². The molecule has 0 aliphatic heterocycles. The van der Waals surface area contributed by atoms with Gasteiger partial charge in [-0.25, -0.2) is 4.79 Å². The van der Waals surface area contributed by atoms with Crippen LogP contribution >= 0.6 is 0 Å². The van der Waals surface area contributed by atoms with Gasteiger partial charge in [-0.3, -0.25) is 0 Å². The van der Waals surface area contributed by atoms with Crippen molar-refractivity contribution in [2.45, 2.75) is 0 Å². The lowest BCUT2D eigenvalue weighted by atomic mass is 10.0. The summed E-state index contributed by atoms with van der Waals surface area (Å²) in [5.74, 6) is 1.34. The van der Waals surface area contributed by atoms with Crippen LogP contribution in [0.5, 0.6) is 11.5 Å². The van der Waals surface area contributed by atoms with Crippen molar-refractivity contribution >= 4 is 11.0 Å². The Hall–Kier alpha value is -2.75. The Morgan fingerprint density at radius 3 is 2.48 bits per heavy atom. The third-order valence-corrected chi connectivity index (χ3v) is 3.35. The number of ether oxygens (including phenoxy) is 2. The van der Waals surface area contributed by atoms with Crippen LogP contribution in [0.4, 0.5) is 0 Å². The first-order valence-electron chi connectivity index (χ1n) is 6.48. The Labute approximate surface area is 121 Å². The molecule has 0 unspecified atom stereocenters. The fourth-order valence-corrected chi connectivity index (χ4v) is 2.36. The normalized spacial score (nSPS) is 10.6. The second-order valence-corrected chi connectivity index (χ2v) is 4.54. The fraction of sp³-hybridized carbons (Fsp3) is 0.118. The molecular weight excluding hydrogens is 268 g/mol. The van der Waals surface area contributed by atoms with Crippen LogP contribution in [0.2, 0.25) is 0 Å². The highest BCUT2D eigenvalue weighted by Crippen LogP contribution is 2.36. The molecule has 0 N–H and O–H groups in total. The second-order valence-electron chi connectivity index (χ2n) is 4.54. The topological polar surface area (TPSA) is 48.7 Å². The van der Waals surface area contributed by atoms with E-state index in [9.17, 15) is 4.79 Å². The highest BCUT2D eigenvalue weighted by atomic mass is 16.5. The zero-order valence-corrected chi connectivity index (χ0v) is 11.8. The van der Waals surface area contributed by atoms with Crippen molar-refractivity contribution in [3.8, 4) is 22.6 Å². The van der Waals surface area contributed by atoms with Gasteiger partial charge in [-0.2, -0.15) is 0 Å². The SMILES string of the molecule is COc1ccc(-c2cc(=O)oc3ccccc23)c(OC)c1. The van der Waals surface area contributed by atoms with Crippen molar-refractivity contribution in [3.63, 3.8) is 0 Å². The van der Waals surface area contributed by atoms with Crippen LogP contribution in [-0.4, -0.2) is 14.2 Å². The van der Waals surface area contributed by atoms with Crippen molar-refractivity contribution in [3.05, 3.63) is 59.0 Å². The molecule has 4 nitrogen and oxygen atoms in total. The second kappa shape index (κ2) is 5.32. The first-order chi connectivity index (χ1) is 10.2. The number of para-hydroxylation sites is 1. The van der Waals surface area contributed by atoms with Crippen molar-refractivity contribution in [2.75, 3.05) is 14.2 Å². The van der Waals surface area contributed by atoms with Crippen molar-refractivity contribution in [1.82, 2.24) is 0 Å². The molecule has 21 heavy (non-hydrogen) atoms. The Bertz CT molecular complexity index is 849. The molecule has 0 saturated heterocycles. The molecule has 1 aromatic heterocycles. The van der Waals surface area contributed by atoms with Crippen LogP contribution in [0, 0.1) is 0 Å². The van der Waals surface area contributed by atoms with Crippen molar-refractivity contribution in [1.29, 1.82) is 0 Å². The van der Waals surface area contributed by atoms with Crippen molar-refractivity contribution < 1.29 is 13.9 Å². The Balaban J connectivity index is 2.32. The van der Waals surface area contributed by atoms with Gasteiger partial charge in [0.05, 0.1) is 14.2 Å². The van der Waals surface area contributed by atoms with Gasteiger partial charge in [0.15, 0.2) is 0 Å². The monoisotopic (exact) mass is 282 g/mol. The van der Waals surface area contributed by atoms with E-state index in [1.54, 1.807) is 26.4 Å². The minimum Gasteiger partial charge on any atom is -0.497 e. The zero-order valence-electron chi connectivity index (χ0n) is 11.8. The summed E-state index contributed by atoms with van der Waals surface area (Å²) in [6.07, 6.45) is 0. The molecule has 4 heteroatoms. The molecule has 106 valence electrons. The lowest BCUT2D eigenvalue weighted by Gasteiger charge is -2.11. The third kappa shape index (κ3) is 2.36. The lowest BCUT2D eigenvalue weighted by molar-refractivity contribution is 0.395. The van der Waals surface area contributed by atoms with Gasteiger partial charge in [-0.05, 0) is 18.2 Å². The first-order valence-corrected chi connectivity index (χ1v) is 6.48. The number of hydrogen-bond acceptors (Lipinski definition) is 4. The fourth-order valence-electron chi connectivity index (χ4n) is 2.36. The summed E-state index contributed by atoms with van der Waals surface area (Å²) in [6, 6.07) is 14.4. The summed E-state index contributed by atoms with van der Waals surface area (Å²) in [6.45, 7) is 0. The molecule has 0 fully saturated rings. The van der Waals surface area contributed by atoms with E-state index in [0.717, 1.165) is 16.5 Å². The van der Waals surface area contributed by atoms with E-state index in [0.29, 0.717) is 17.1 Å². The van der Waals surface area contributed by atoms with E-state index < -0.39 is 0 Å². The Morgan fingerprint density at radius 2 is 1.71 bits per heavy atom. The largest absolute Gasteiger partial charge is 0.497 e.